The molecule has 1 aromatic rings. The van der Waals surface area contributed by atoms with Crippen molar-refractivity contribution in [2.75, 3.05) is 39.3 Å². The Bertz CT molecular complexity index is 743. The first-order chi connectivity index (χ1) is 13.7. The largest absolute Gasteiger partial charge is 0.342 e. The van der Waals surface area contributed by atoms with Gasteiger partial charge in [-0.1, -0.05) is 12.8 Å². The van der Waals surface area contributed by atoms with Crippen LogP contribution >= 0.6 is 0 Å². The highest BCUT2D eigenvalue weighted by atomic mass is 16.2. The van der Waals surface area contributed by atoms with Crippen LogP contribution in [0.3, 0.4) is 0 Å². The summed E-state index contributed by atoms with van der Waals surface area (Å²) in [5, 5.41) is 0. The van der Waals surface area contributed by atoms with E-state index in [2.05, 4.69) is 4.98 Å². The molecule has 0 aromatic carbocycles. The summed E-state index contributed by atoms with van der Waals surface area (Å²) in [5.74, 6) is 0.258. The molecule has 0 spiro atoms. The number of likely N-dealkylation sites (tertiary alicyclic amines) is 1. The Morgan fingerprint density at radius 1 is 0.750 bits per heavy atom. The molecule has 152 valence electrons. The Kier molecular flexibility index (Phi) is 5.64. The molecular formula is C20H29N5O3. The maximum absolute atomic E-state index is 13.2. The van der Waals surface area contributed by atoms with Gasteiger partial charge in [0, 0.05) is 45.8 Å². The Labute approximate surface area is 165 Å². The zero-order valence-corrected chi connectivity index (χ0v) is 16.4. The van der Waals surface area contributed by atoms with Crippen LogP contribution in [0.15, 0.2) is 0 Å². The van der Waals surface area contributed by atoms with E-state index in [1.54, 1.807) is 9.80 Å². The minimum absolute atomic E-state index is 0.0163. The summed E-state index contributed by atoms with van der Waals surface area (Å²) < 4.78 is 1.98. The average molecular weight is 387 g/mol. The lowest BCUT2D eigenvalue weighted by molar-refractivity contribution is -0.119. The van der Waals surface area contributed by atoms with Gasteiger partial charge in [-0.15, -0.1) is 0 Å². The number of piperazine rings is 1. The lowest BCUT2D eigenvalue weighted by atomic mass is 10.1. The van der Waals surface area contributed by atoms with Gasteiger partial charge in [-0.25, -0.2) is 4.98 Å². The number of carbonyl (C=O) groups is 3. The third-order valence-electron chi connectivity index (χ3n) is 6.16. The van der Waals surface area contributed by atoms with Gasteiger partial charge in [-0.3, -0.25) is 14.4 Å². The SMILES string of the molecule is O=CN1CCN(C(=O)c2nc(C(=O)N3CCCCCC3)c3n2CCCC3)CC1. The quantitative estimate of drug-likeness (QED) is 0.729. The molecule has 8 heteroatoms. The van der Waals surface area contributed by atoms with E-state index in [-0.39, 0.29) is 11.8 Å². The van der Waals surface area contributed by atoms with Crippen LogP contribution in [0.25, 0.3) is 0 Å². The Morgan fingerprint density at radius 2 is 1.39 bits per heavy atom. The molecule has 0 atom stereocenters. The molecule has 2 saturated heterocycles. The molecule has 0 aliphatic carbocycles. The van der Waals surface area contributed by atoms with Crippen molar-refractivity contribution in [3.63, 3.8) is 0 Å². The zero-order valence-electron chi connectivity index (χ0n) is 16.4. The van der Waals surface area contributed by atoms with Crippen LogP contribution in [0.1, 0.15) is 65.3 Å². The Morgan fingerprint density at radius 3 is 2.07 bits per heavy atom. The van der Waals surface area contributed by atoms with E-state index in [0.29, 0.717) is 37.7 Å². The minimum atomic E-state index is -0.122. The van der Waals surface area contributed by atoms with Crippen molar-refractivity contribution < 1.29 is 14.4 Å². The summed E-state index contributed by atoms with van der Waals surface area (Å²) in [6.07, 6.45) is 8.06. The molecule has 1 aromatic heterocycles. The summed E-state index contributed by atoms with van der Waals surface area (Å²) in [6.45, 7) is 4.41. The van der Waals surface area contributed by atoms with Crippen molar-refractivity contribution in [1.82, 2.24) is 24.3 Å². The number of carbonyl (C=O) groups excluding carboxylic acids is 3. The summed E-state index contributed by atoms with van der Waals surface area (Å²) in [6, 6.07) is 0. The summed E-state index contributed by atoms with van der Waals surface area (Å²) in [4.78, 5) is 47.2. The first kappa shape index (κ1) is 19.0. The minimum Gasteiger partial charge on any atom is -0.342 e. The van der Waals surface area contributed by atoms with Crippen molar-refractivity contribution in [3.05, 3.63) is 17.2 Å². The molecule has 3 aliphatic heterocycles. The molecule has 4 heterocycles. The van der Waals surface area contributed by atoms with Crippen LogP contribution in [-0.4, -0.2) is 81.7 Å². The van der Waals surface area contributed by atoms with E-state index < -0.39 is 0 Å². The number of amides is 3. The molecule has 0 N–H and O–H groups in total. The molecule has 28 heavy (non-hydrogen) atoms. The molecule has 4 rings (SSSR count). The number of aromatic nitrogens is 2. The third kappa shape index (κ3) is 3.64. The van der Waals surface area contributed by atoms with E-state index in [1.807, 2.05) is 9.47 Å². The van der Waals surface area contributed by atoms with Crippen molar-refractivity contribution in [1.29, 1.82) is 0 Å². The molecule has 8 nitrogen and oxygen atoms in total. The van der Waals surface area contributed by atoms with Gasteiger partial charge in [0.05, 0.1) is 5.69 Å². The Balaban J connectivity index is 1.59. The number of nitrogens with zero attached hydrogens (tertiary/aromatic N) is 5. The van der Waals surface area contributed by atoms with Gasteiger partial charge in [0.25, 0.3) is 11.8 Å². The second-order valence-corrected chi connectivity index (χ2v) is 7.98. The van der Waals surface area contributed by atoms with Gasteiger partial charge < -0.3 is 19.3 Å². The lowest BCUT2D eigenvalue weighted by Gasteiger charge is -2.32. The predicted octanol–water partition coefficient (Wildman–Crippen LogP) is 1.15. The van der Waals surface area contributed by atoms with Crippen LogP contribution in [0.4, 0.5) is 0 Å². The van der Waals surface area contributed by atoms with Crippen molar-refractivity contribution in [3.8, 4) is 0 Å². The van der Waals surface area contributed by atoms with E-state index in [4.69, 9.17) is 0 Å². The first-order valence-corrected chi connectivity index (χ1v) is 10.6. The molecule has 0 unspecified atom stereocenters. The Hall–Kier alpha value is -2.38. The second kappa shape index (κ2) is 8.32. The van der Waals surface area contributed by atoms with Crippen LogP contribution < -0.4 is 0 Å². The fourth-order valence-corrected chi connectivity index (χ4v) is 4.47. The van der Waals surface area contributed by atoms with Crippen LogP contribution in [0.2, 0.25) is 0 Å². The van der Waals surface area contributed by atoms with Crippen LogP contribution in [-0.2, 0) is 17.8 Å². The van der Waals surface area contributed by atoms with E-state index in [1.165, 1.54) is 12.8 Å². The summed E-state index contributed by atoms with van der Waals surface area (Å²) in [5.41, 5.74) is 1.41. The molecule has 2 fully saturated rings. The molecule has 3 aliphatic rings. The molecular weight excluding hydrogens is 358 g/mol. The van der Waals surface area contributed by atoms with E-state index in [9.17, 15) is 14.4 Å². The second-order valence-electron chi connectivity index (χ2n) is 7.98. The number of imidazole rings is 1. The fourth-order valence-electron chi connectivity index (χ4n) is 4.47. The molecule has 0 radical (unpaired) electrons. The van der Waals surface area contributed by atoms with E-state index >= 15 is 0 Å². The fraction of sp³-hybridized carbons (Fsp3) is 0.700. The van der Waals surface area contributed by atoms with Crippen LogP contribution in [0.5, 0.6) is 0 Å². The van der Waals surface area contributed by atoms with Gasteiger partial charge in [0.1, 0.15) is 5.69 Å². The number of hydrogen-bond acceptors (Lipinski definition) is 4. The lowest BCUT2D eigenvalue weighted by Crippen LogP contribution is -2.48. The smallest absolute Gasteiger partial charge is 0.290 e. The third-order valence-corrected chi connectivity index (χ3v) is 6.16. The number of rotatable bonds is 3. The summed E-state index contributed by atoms with van der Waals surface area (Å²) in [7, 11) is 0. The predicted molar refractivity (Wildman–Crippen MR) is 103 cm³/mol. The van der Waals surface area contributed by atoms with Gasteiger partial charge in [0.2, 0.25) is 6.41 Å². The monoisotopic (exact) mass is 387 g/mol. The van der Waals surface area contributed by atoms with Crippen LogP contribution in [0, 0.1) is 0 Å². The topological polar surface area (TPSA) is 78.8 Å². The maximum Gasteiger partial charge on any atom is 0.290 e. The molecule has 0 bridgehead atoms. The highest BCUT2D eigenvalue weighted by Gasteiger charge is 2.32. The first-order valence-electron chi connectivity index (χ1n) is 10.6. The van der Waals surface area contributed by atoms with Crippen molar-refractivity contribution in [2.24, 2.45) is 0 Å². The van der Waals surface area contributed by atoms with Gasteiger partial charge in [-0.2, -0.15) is 0 Å². The maximum atomic E-state index is 13.2. The number of hydrogen-bond donors (Lipinski definition) is 0. The van der Waals surface area contributed by atoms with Gasteiger partial charge >= 0.3 is 0 Å². The standard InChI is InChI=1S/C20H29N5O3/c26-15-22-11-13-24(14-12-22)20(28)18-21-17(16-7-3-6-10-25(16)18)19(27)23-8-4-1-2-5-9-23/h15H,1-14H2. The molecule has 3 amide bonds. The van der Waals surface area contributed by atoms with E-state index in [0.717, 1.165) is 63.8 Å². The highest BCUT2D eigenvalue weighted by Crippen LogP contribution is 2.24. The highest BCUT2D eigenvalue weighted by molar-refractivity contribution is 5.97. The normalized spacial score (nSPS) is 20.5. The van der Waals surface area contributed by atoms with Crippen molar-refractivity contribution in [2.45, 2.75) is 51.5 Å². The van der Waals surface area contributed by atoms with Crippen molar-refractivity contribution >= 4 is 18.2 Å². The zero-order chi connectivity index (χ0) is 19.5. The molecule has 0 saturated carbocycles. The van der Waals surface area contributed by atoms with Gasteiger partial charge in [-0.05, 0) is 32.1 Å². The summed E-state index contributed by atoms with van der Waals surface area (Å²) >= 11 is 0. The number of fused-ring (bicyclic) bond motifs is 1. The average Bonchev–Trinajstić information content (AvgIpc) is 2.92. The van der Waals surface area contributed by atoms with Gasteiger partial charge in [0.15, 0.2) is 5.82 Å².